The van der Waals surface area contributed by atoms with Gasteiger partial charge in [0.25, 0.3) is 5.69 Å². The van der Waals surface area contributed by atoms with Crippen LogP contribution >= 0.6 is 11.3 Å². The molecule has 0 aliphatic rings. The summed E-state index contributed by atoms with van der Waals surface area (Å²) in [6.45, 7) is 1.98. The first kappa shape index (κ1) is 16.6. The second-order valence-electron chi connectivity index (χ2n) is 5.31. The van der Waals surface area contributed by atoms with E-state index in [0.717, 1.165) is 21.7 Å². The predicted molar refractivity (Wildman–Crippen MR) is 98.9 cm³/mol. The van der Waals surface area contributed by atoms with Gasteiger partial charge in [-0.25, -0.2) is 4.98 Å². The van der Waals surface area contributed by atoms with E-state index in [1.165, 1.54) is 23.5 Å². The Kier molecular flexibility index (Phi) is 4.68. The highest BCUT2D eigenvalue weighted by Crippen LogP contribution is 2.31. The van der Waals surface area contributed by atoms with E-state index in [-0.39, 0.29) is 5.69 Å². The molecule has 1 heterocycles. The van der Waals surface area contributed by atoms with Crippen molar-refractivity contribution in [3.05, 3.63) is 80.2 Å². The molecule has 0 aliphatic heterocycles. The van der Waals surface area contributed by atoms with Crippen molar-refractivity contribution in [2.24, 2.45) is 0 Å². The van der Waals surface area contributed by atoms with Gasteiger partial charge in [0.15, 0.2) is 0 Å². The highest BCUT2D eigenvalue weighted by Gasteiger charge is 2.13. The molecule has 0 amide bonds. The average Bonchev–Trinajstić information content (AvgIpc) is 3.02. The van der Waals surface area contributed by atoms with Crippen molar-refractivity contribution >= 4 is 28.7 Å². The van der Waals surface area contributed by atoms with Gasteiger partial charge in [0.05, 0.1) is 16.2 Å². The quantitative estimate of drug-likeness (QED) is 0.374. The fourth-order valence-electron chi connectivity index (χ4n) is 2.38. The number of non-ortho nitro benzene ring substituents is 1. The summed E-state index contributed by atoms with van der Waals surface area (Å²) in [5, 5.41) is 20.8. The van der Waals surface area contributed by atoms with Crippen LogP contribution in [0.3, 0.4) is 0 Å². The molecule has 25 heavy (non-hydrogen) atoms. The van der Waals surface area contributed by atoms with Crippen LogP contribution in [0.4, 0.5) is 5.69 Å². The lowest BCUT2D eigenvalue weighted by Gasteiger charge is -1.97. The van der Waals surface area contributed by atoms with Gasteiger partial charge < -0.3 is 0 Å². The number of nitriles is 1. The third-order valence-corrected chi connectivity index (χ3v) is 4.61. The van der Waals surface area contributed by atoms with Crippen molar-refractivity contribution in [3.8, 4) is 17.3 Å². The summed E-state index contributed by atoms with van der Waals surface area (Å²) < 4.78 is 0. The Bertz CT molecular complexity index is 984. The molecule has 122 valence electrons. The molecule has 0 saturated heterocycles. The van der Waals surface area contributed by atoms with Gasteiger partial charge in [-0.05, 0) is 30.7 Å². The molecule has 0 unspecified atom stereocenters. The fraction of sp³-hybridized carbons (Fsp3) is 0.0526. The van der Waals surface area contributed by atoms with Gasteiger partial charge in [-0.15, -0.1) is 11.3 Å². The molecule has 0 N–H and O–H groups in total. The number of thiazole rings is 1. The number of hydrogen-bond acceptors (Lipinski definition) is 5. The van der Waals surface area contributed by atoms with Gasteiger partial charge in [0.1, 0.15) is 11.1 Å². The lowest BCUT2D eigenvalue weighted by atomic mass is 10.1. The van der Waals surface area contributed by atoms with Crippen molar-refractivity contribution in [2.45, 2.75) is 6.92 Å². The molecule has 0 saturated carbocycles. The highest BCUT2D eigenvalue weighted by molar-refractivity contribution is 7.13. The number of benzene rings is 2. The van der Waals surface area contributed by atoms with Gasteiger partial charge in [0.2, 0.25) is 0 Å². The van der Waals surface area contributed by atoms with E-state index < -0.39 is 4.92 Å². The molecule has 5 nitrogen and oxygen atoms in total. The normalized spacial score (nSPS) is 11.1. The van der Waals surface area contributed by atoms with Crippen molar-refractivity contribution < 1.29 is 4.92 Å². The highest BCUT2D eigenvalue weighted by atomic mass is 32.1. The topological polar surface area (TPSA) is 79.8 Å². The summed E-state index contributed by atoms with van der Waals surface area (Å²) in [7, 11) is 0. The number of allylic oxidation sites excluding steroid dienone is 1. The number of nitro groups is 1. The number of aryl methyl sites for hydroxylation is 1. The van der Waals surface area contributed by atoms with Crippen molar-refractivity contribution in [1.29, 1.82) is 5.26 Å². The Morgan fingerprint density at radius 1 is 1.20 bits per heavy atom. The third kappa shape index (κ3) is 3.62. The van der Waals surface area contributed by atoms with Crippen LogP contribution in [0, 0.1) is 28.4 Å². The van der Waals surface area contributed by atoms with Crippen LogP contribution in [-0.4, -0.2) is 9.91 Å². The van der Waals surface area contributed by atoms with E-state index in [1.807, 2.05) is 37.3 Å². The largest absolute Gasteiger partial charge is 0.269 e. The van der Waals surface area contributed by atoms with E-state index in [1.54, 1.807) is 18.2 Å². The molecule has 2 aromatic carbocycles. The molecule has 0 spiro atoms. The number of hydrogen-bond donors (Lipinski definition) is 0. The minimum atomic E-state index is -0.449. The minimum Gasteiger partial charge on any atom is -0.258 e. The summed E-state index contributed by atoms with van der Waals surface area (Å²) in [5.41, 5.74) is 3.05. The van der Waals surface area contributed by atoms with Crippen LogP contribution in [0.15, 0.2) is 54.6 Å². The van der Waals surface area contributed by atoms with E-state index in [0.29, 0.717) is 10.6 Å². The van der Waals surface area contributed by atoms with Gasteiger partial charge in [-0.2, -0.15) is 5.26 Å². The maximum atomic E-state index is 10.7. The number of nitrogens with zero attached hydrogens (tertiary/aromatic N) is 3. The van der Waals surface area contributed by atoms with Gasteiger partial charge in [-0.3, -0.25) is 10.1 Å². The first-order valence-corrected chi connectivity index (χ1v) is 8.29. The van der Waals surface area contributed by atoms with Gasteiger partial charge >= 0.3 is 0 Å². The lowest BCUT2D eigenvalue weighted by Crippen LogP contribution is -1.87. The lowest BCUT2D eigenvalue weighted by molar-refractivity contribution is -0.384. The smallest absolute Gasteiger partial charge is 0.258 e. The summed E-state index contributed by atoms with van der Waals surface area (Å²) in [5.74, 6) is 0. The van der Waals surface area contributed by atoms with Crippen LogP contribution in [0.2, 0.25) is 0 Å². The van der Waals surface area contributed by atoms with Crippen LogP contribution < -0.4 is 0 Å². The Balaban J connectivity index is 1.96. The second-order valence-corrected chi connectivity index (χ2v) is 6.51. The second kappa shape index (κ2) is 7.07. The number of nitro benzene ring substituents is 1. The molecule has 0 radical (unpaired) electrons. The van der Waals surface area contributed by atoms with Crippen LogP contribution in [0.1, 0.15) is 15.4 Å². The molecular formula is C19H13N3O2S. The maximum absolute atomic E-state index is 10.7. The van der Waals surface area contributed by atoms with E-state index in [9.17, 15) is 15.4 Å². The van der Waals surface area contributed by atoms with Crippen molar-refractivity contribution in [2.75, 3.05) is 0 Å². The molecule has 6 heteroatoms. The van der Waals surface area contributed by atoms with Crippen molar-refractivity contribution in [3.63, 3.8) is 0 Å². The Morgan fingerprint density at radius 2 is 1.88 bits per heavy atom. The summed E-state index contributed by atoms with van der Waals surface area (Å²) in [6, 6.07) is 18.1. The van der Waals surface area contributed by atoms with Crippen LogP contribution in [-0.2, 0) is 0 Å². The molecule has 3 aromatic rings. The zero-order chi connectivity index (χ0) is 17.8. The molecular weight excluding hydrogens is 334 g/mol. The Labute approximate surface area is 148 Å². The zero-order valence-corrected chi connectivity index (χ0v) is 14.2. The van der Waals surface area contributed by atoms with E-state index >= 15 is 0 Å². The SMILES string of the molecule is Cc1sc(/C(C#N)=C\c2ccc([N+](=O)[O-])cc2)nc1-c1ccccc1. The molecule has 0 bridgehead atoms. The molecule has 0 atom stereocenters. The summed E-state index contributed by atoms with van der Waals surface area (Å²) in [6.07, 6.45) is 1.69. The molecule has 0 aliphatic carbocycles. The Morgan fingerprint density at radius 3 is 2.48 bits per heavy atom. The van der Waals surface area contributed by atoms with Gasteiger partial charge in [0, 0.05) is 22.6 Å². The van der Waals surface area contributed by atoms with E-state index in [2.05, 4.69) is 11.1 Å². The summed E-state index contributed by atoms with van der Waals surface area (Å²) >= 11 is 1.46. The van der Waals surface area contributed by atoms with Crippen molar-refractivity contribution in [1.82, 2.24) is 4.98 Å². The molecule has 0 fully saturated rings. The van der Waals surface area contributed by atoms with Crippen LogP contribution in [0.5, 0.6) is 0 Å². The molecule has 1 aromatic heterocycles. The maximum Gasteiger partial charge on any atom is 0.269 e. The van der Waals surface area contributed by atoms with Crippen LogP contribution in [0.25, 0.3) is 22.9 Å². The van der Waals surface area contributed by atoms with E-state index in [4.69, 9.17) is 0 Å². The monoisotopic (exact) mass is 347 g/mol. The average molecular weight is 347 g/mol. The van der Waals surface area contributed by atoms with Gasteiger partial charge in [-0.1, -0.05) is 30.3 Å². The number of rotatable bonds is 4. The minimum absolute atomic E-state index is 0.0205. The molecule has 3 rings (SSSR count). The summed E-state index contributed by atoms with van der Waals surface area (Å²) in [4.78, 5) is 15.9. The third-order valence-electron chi connectivity index (χ3n) is 3.61. The first-order chi connectivity index (χ1) is 12.1. The predicted octanol–water partition coefficient (Wildman–Crippen LogP) is 5.09. The Hall–Kier alpha value is -3.30. The zero-order valence-electron chi connectivity index (χ0n) is 13.3. The number of aromatic nitrogens is 1. The first-order valence-electron chi connectivity index (χ1n) is 7.48. The standard InChI is InChI=1S/C19H13N3O2S/c1-13-18(15-5-3-2-4-6-15)21-19(25-13)16(12-20)11-14-7-9-17(10-8-14)22(23)24/h2-11H,1H3/b16-11-. The fourth-order valence-corrected chi connectivity index (χ4v) is 3.28.